The van der Waals surface area contributed by atoms with Gasteiger partial charge in [-0.15, -0.1) is 11.3 Å². The highest BCUT2D eigenvalue weighted by Gasteiger charge is 2.57. The molecule has 1 aromatic heterocycles. The van der Waals surface area contributed by atoms with Crippen molar-refractivity contribution in [3.05, 3.63) is 16.1 Å². The molecule has 0 amide bonds. The number of carboxylic acids is 1. The van der Waals surface area contributed by atoms with E-state index in [9.17, 15) is 9.90 Å². The summed E-state index contributed by atoms with van der Waals surface area (Å²) in [6.45, 7) is 1.94. The molecule has 3 unspecified atom stereocenters. The molecule has 92 valence electrons. The molecule has 17 heavy (non-hydrogen) atoms. The third-order valence-electron chi connectivity index (χ3n) is 3.90. The van der Waals surface area contributed by atoms with Crippen LogP contribution in [-0.2, 0) is 16.0 Å². The molecular formula is C12H15NO3S. The number of aliphatic carboxylic acids is 1. The van der Waals surface area contributed by atoms with Gasteiger partial charge in [0.05, 0.1) is 22.9 Å². The third-order valence-corrected chi connectivity index (χ3v) is 4.73. The highest BCUT2D eigenvalue weighted by molar-refractivity contribution is 7.09. The fraction of sp³-hybridized carbons (Fsp3) is 0.667. The second kappa shape index (κ2) is 3.78. The summed E-state index contributed by atoms with van der Waals surface area (Å²) >= 11 is 1.57. The molecule has 0 spiro atoms. The van der Waals surface area contributed by atoms with Gasteiger partial charge in [0.15, 0.2) is 0 Å². The summed E-state index contributed by atoms with van der Waals surface area (Å²) in [4.78, 5) is 16.0. The van der Waals surface area contributed by atoms with E-state index in [1.807, 2.05) is 12.3 Å². The molecular weight excluding hydrogens is 238 g/mol. The Morgan fingerprint density at radius 2 is 2.53 bits per heavy atom. The van der Waals surface area contributed by atoms with Crippen LogP contribution >= 0.6 is 11.3 Å². The van der Waals surface area contributed by atoms with Gasteiger partial charge in [0.25, 0.3) is 0 Å². The Kier molecular flexibility index (Phi) is 2.48. The van der Waals surface area contributed by atoms with Crippen LogP contribution in [0.25, 0.3) is 0 Å². The van der Waals surface area contributed by atoms with Crippen LogP contribution in [0.4, 0.5) is 0 Å². The van der Waals surface area contributed by atoms with E-state index in [1.165, 1.54) is 0 Å². The van der Waals surface area contributed by atoms with Gasteiger partial charge in [0.1, 0.15) is 5.41 Å². The molecule has 0 aliphatic carbocycles. The molecule has 3 atom stereocenters. The summed E-state index contributed by atoms with van der Waals surface area (Å²) in [6, 6.07) is 0. The molecule has 2 bridgehead atoms. The van der Waals surface area contributed by atoms with Crippen molar-refractivity contribution in [1.29, 1.82) is 0 Å². The van der Waals surface area contributed by atoms with E-state index in [-0.39, 0.29) is 12.2 Å². The number of aromatic nitrogens is 1. The van der Waals surface area contributed by atoms with Crippen molar-refractivity contribution in [2.45, 2.75) is 44.8 Å². The molecule has 3 rings (SSSR count). The minimum atomic E-state index is -0.733. The molecule has 2 aliphatic rings. The predicted molar refractivity (Wildman–Crippen MR) is 63.1 cm³/mol. The van der Waals surface area contributed by atoms with Gasteiger partial charge in [0, 0.05) is 11.8 Å². The number of ether oxygens (including phenoxy) is 1. The lowest BCUT2D eigenvalue weighted by Crippen LogP contribution is -2.42. The predicted octanol–water partition coefficient (Wildman–Crippen LogP) is 2.02. The fourth-order valence-electron chi connectivity index (χ4n) is 3.10. The Labute approximate surface area is 104 Å². The van der Waals surface area contributed by atoms with Gasteiger partial charge >= 0.3 is 5.97 Å². The van der Waals surface area contributed by atoms with E-state index in [0.717, 1.165) is 23.5 Å². The van der Waals surface area contributed by atoms with Crippen molar-refractivity contribution in [3.8, 4) is 0 Å². The quantitative estimate of drug-likeness (QED) is 0.895. The van der Waals surface area contributed by atoms with Crippen LogP contribution in [0.2, 0.25) is 0 Å². The maximum Gasteiger partial charge on any atom is 0.312 e. The number of carbonyl (C=O) groups is 1. The largest absolute Gasteiger partial charge is 0.481 e. The number of aryl methyl sites for hydroxylation is 1. The van der Waals surface area contributed by atoms with Crippen LogP contribution in [0, 0.1) is 12.3 Å². The summed E-state index contributed by atoms with van der Waals surface area (Å²) in [5.41, 5.74) is 0.162. The Morgan fingerprint density at radius 3 is 3.00 bits per heavy atom. The average Bonchev–Trinajstić information content (AvgIpc) is 2.94. The molecule has 0 radical (unpaired) electrons. The maximum absolute atomic E-state index is 11.6. The highest BCUT2D eigenvalue weighted by atomic mass is 32.1. The van der Waals surface area contributed by atoms with Gasteiger partial charge in [0.2, 0.25) is 0 Å². The zero-order valence-electron chi connectivity index (χ0n) is 9.68. The molecule has 2 aliphatic heterocycles. The summed E-state index contributed by atoms with van der Waals surface area (Å²) in [7, 11) is 0. The number of hydrogen-bond donors (Lipinski definition) is 1. The fourth-order valence-corrected chi connectivity index (χ4v) is 3.71. The van der Waals surface area contributed by atoms with Gasteiger partial charge < -0.3 is 9.84 Å². The first-order chi connectivity index (χ1) is 8.10. The van der Waals surface area contributed by atoms with Gasteiger partial charge in [-0.25, -0.2) is 4.98 Å². The van der Waals surface area contributed by atoms with Gasteiger partial charge in [-0.2, -0.15) is 0 Å². The molecule has 2 fully saturated rings. The van der Waals surface area contributed by atoms with Crippen molar-refractivity contribution in [3.63, 3.8) is 0 Å². The highest BCUT2D eigenvalue weighted by Crippen LogP contribution is 2.49. The van der Waals surface area contributed by atoms with Crippen LogP contribution in [0.1, 0.15) is 30.0 Å². The summed E-state index contributed by atoms with van der Waals surface area (Å²) in [5.74, 6) is -0.727. The van der Waals surface area contributed by atoms with E-state index in [2.05, 4.69) is 4.98 Å². The molecule has 5 heteroatoms. The zero-order chi connectivity index (χ0) is 12.0. The Bertz CT molecular complexity index is 458. The Hall–Kier alpha value is -0.940. The van der Waals surface area contributed by atoms with Crippen LogP contribution in [0.5, 0.6) is 0 Å². The third kappa shape index (κ3) is 1.68. The molecule has 4 nitrogen and oxygen atoms in total. The number of carboxylic acid groups (broad SMARTS) is 1. The molecule has 1 aromatic rings. The lowest BCUT2D eigenvalue weighted by atomic mass is 9.71. The SMILES string of the molecule is Cc1nc(CC2(C(=O)O)CC3CCC2O3)cs1. The van der Waals surface area contributed by atoms with E-state index >= 15 is 0 Å². The van der Waals surface area contributed by atoms with E-state index < -0.39 is 11.4 Å². The second-order valence-electron chi connectivity index (χ2n) is 5.02. The summed E-state index contributed by atoms with van der Waals surface area (Å²) in [5, 5.41) is 12.5. The van der Waals surface area contributed by atoms with Crippen molar-refractivity contribution in [1.82, 2.24) is 4.98 Å². The lowest BCUT2D eigenvalue weighted by Gasteiger charge is -2.30. The van der Waals surface area contributed by atoms with Crippen LogP contribution < -0.4 is 0 Å². The first kappa shape index (κ1) is 11.2. The first-order valence-electron chi connectivity index (χ1n) is 5.90. The van der Waals surface area contributed by atoms with E-state index in [4.69, 9.17) is 4.74 Å². The van der Waals surface area contributed by atoms with Crippen molar-refractivity contribution >= 4 is 17.3 Å². The number of thiazole rings is 1. The molecule has 3 heterocycles. The van der Waals surface area contributed by atoms with Crippen LogP contribution in [0.3, 0.4) is 0 Å². The molecule has 2 saturated heterocycles. The van der Waals surface area contributed by atoms with Crippen LogP contribution in [0.15, 0.2) is 5.38 Å². The monoisotopic (exact) mass is 253 g/mol. The second-order valence-corrected chi connectivity index (χ2v) is 6.09. The smallest absolute Gasteiger partial charge is 0.312 e. The topological polar surface area (TPSA) is 59.4 Å². The van der Waals surface area contributed by atoms with Crippen LogP contribution in [-0.4, -0.2) is 28.3 Å². The van der Waals surface area contributed by atoms with Gasteiger partial charge in [-0.1, -0.05) is 0 Å². The number of hydrogen-bond acceptors (Lipinski definition) is 4. The molecule has 1 N–H and O–H groups in total. The Morgan fingerprint density at radius 1 is 1.71 bits per heavy atom. The van der Waals surface area contributed by atoms with Gasteiger partial charge in [-0.05, 0) is 26.2 Å². The van der Waals surface area contributed by atoms with Gasteiger partial charge in [-0.3, -0.25) is 4.79 Å². The molecule has 0 saturated carbocycles. The molecule has 0 aromatic carbocycles. The number of rotatable bonds is 3. The lowest BCUT2D eigenvalue weighted by molar-refractivity contribution is -0.152. The minimum absolute atomic E-state index is 0.119. The van der Waals surface area contributed by atoms with E-state index in [0.29, 0.717) is 12.8 Å². The van der Waals surface area contributed by atoms with Crippen molar-refractivity contribution < 1.29 is 14.6 Å². The minimum Gasteiger partial charge on any atom is -0.481 e. The number of fused-ring (bicyclic) bond motifs is 2. The Balaban J connectivity index is 1.89. The summed E-state index contributed by atoms with van der Waals surface area (Å²) in [6.07, 6.45) is 3.07. The summed E-state index contributed by atoms with van der Waals surface area (Å²) < 4.78 is 5.72. The van der Waals surface area contributed by atoms with E-state index in [1.54, 1.807) is 11.3 Å². The standard InChI is InChI=1S/C12H15NO3S/c1-7-13-8(6-17-7)4-12(11(14)15)5-9-2-3-10(12)16-9/h6,9-10H,2-5H2,1H3,(H,14,15). The number of nitrogens with zero attached hydrogens (tertiary/aromatic N) is 1. The normalized spacial score (nSPS) is 35.4. The van der Waals surface area contributed by atoms with Crippen molar-refractivity contribution in [2.24, 2.45) is 5.41 Å². The average molecular weight is 253 g/mol. The zero-order valence-corrected chi connectivity index (χ0v) is 10.5. The maximum atomic E-state index is 11.6. The first-order valence-corrected chi connectivity index (χ1v) is 6.78. The van der Waals surface area contributed by atoms with Crippen molar-refractivity contribution in [2.75, 3.05) is 0 Å².